The van der Waals surface area contributed by atoms with Gasteiger partial charge in [0.1, 0.15) is 0 Å². The number of nitrogens with one attached hydrogen (secondary N) is 1. The average molecular weight is 262 g/mol. The van der Waals surface area contributed by atoms with Crippen LogP contribution in [0.4, 0.5) is 0 Å². The second-order valence-corrected chi connectivity index (χ2v) is 4.66. The van der Waals surface area contributed by atoms with Crippen LogP contribution in [0.15, 0.2) is 54.6 Å². The smallest absolute Gasteiger partial charge is 0.221 e. The van der Waals surface area contributed by atoms with Crippen LogP contribution in [0.25, 0.3) is 17.1 Å². The molecule has 3 aromatic rings. The Hall–Kier alpha value is -2.68. The summed E-state index contributed by atoms with van der Waals surface area (Å²) in [4.78, 5) is 19.4. The van der Waals surface area contributed by atoms with E-state index in [1.165, 1.54) is 0 Å². The number of hydrogen-bond donors (Lipinski definition) is 1. The third-order valence-corrected chi connectivity index (χ3v) is 3.23. The molecule has 3 nitrogen and oxygen atoms in total. The third kappa shape index (κ3) is 2.38. The summed E-state index contributed by atoms with van der Waals surface area (Å²) in [6.45, 7) is 2.02. The molecule has 0 saturated carbocycles. The number of hydrogen-bond acceptors (Lipinski definition) is 2. The summed E-state index contributed by atoms with van der Waals surface area (Å²) in [5.74, 6) is 0.250. The minimum Gasteiger partial charge on any atom is -0.335 e. The molecule has 0 unspecified atom stereocenters. The van der Waals surface area contributed by atoms with Gasteiger partial charge in [-0.2, -0.15) is 0 Å². The lowest BCUT2D eigenvalue weighted by molar-refractivity contribution is 0.103. The predicted octanol–water partition coefficient (Wildman–Crippen LogP) is 3.77. The molecule has 3 heteroatoms. The molecule has 0 spiro atoms. The standard InChI is InChI=1S/C17H14N2O/c1-12-6-2-3-7-13(12)10-11-16(20)17-18-14-8-4-5-9-15(14)19-17/h2-11H,1H3,(H,18,19)/b11-10+. The molecule has 1 heterocycles. The van der Waals surface area contributed by atoms with Crippen molar-refractivity contribution < 1.29 is 4.79 Å². The van der Waals surface area contributed by atoms with Gasteiger partial charge < -0.3 is 4.98 Å². The normalized spacial score (nSPS) is 11.2. The molecule has 1 N–H and O–H groups in total. The molecular weight excluding hydrogens is 248 g/mol. The SMILES string of the molecule is Cc1ccccc1/C=C/C(=O)c1nc2ccccc2[nH]1. The van der Waals surface area contributed by atoms with Crippen molar-refractivity contribution in [3.8, 4) is 0 Å². The predicted molar refractivity (Wildman–Crippen MR) is 80.6 cm³/mol. The van der Waals surface area contributed by atoms with Crippen molar-refractivity contribution in [1.82, 2.24) is 9.97 Å². The zero-order valence-electron chi connectivity index (χ0n) is 11.1. The summed E-state index contributed by atoms with van der Waals surface area (Å²) in [5.41, 5.74) is 3.86. The van der Waals surface area contributed by atoms with Crippen LogP contribution in [0, 0.1) is 6.92 Å². The van der Waals surface area contributed by atoms with Crippen molar-refractivity contribution in [3.63, 3.8) is 0 Å². The summed E-state index contributed by atoms with van der Waals surface area (Å²) in [6.07, 6.45) is 3.38. The largest absolute Gasteiger partial charge is 0.335 e. The number of aromatic nitrogens is 2. The van der Waals surface area contributed by atoms with E-state index < -0.39 is 0 Å². The van der Waals surface area contributed by atoms with E-state index >= 15 is 0 Å². The van der Waals surface area contributed by atoms with E-state index in [9.17, 15) is 4.79 Å². The summed E-state index contributed by atoms with van der Waals surface area (Å²) in [7, 11) is 0. The first-order chi connectivity index (χ1) is 9.74. The van der Waals surface area contributed by atoms with Crippen LogP contribution in [0.2, 0.25) is 0 Å². The van der Waals surface area contributed by atoms with Crippen molar-refractivity contribution in [3.05, 3.63) is 71.6 Å². The number of aromatic amines is 1. The molecule has 0 atom stereocenters. The number of fused-ring (bicyclic) bond motifs is 1. The van der Waals surface area contributed by atoms with Crippen LogP contribution >= 0.6 is 0 Å². The Balaban J connectivity index is 1.88. The monoisotopic (exact) mass is 262 g/mol. The van der Waals surface area contributed by atoms with E-state index in [-0.39, 0.29) is 5.78 Å². The Morgan fingerprint density at radius 1 is 1.10 bits per heavy atom. The van der Waals surface area contributed by atoms with Crippen molar-refractivity contribution in [2.24, 2.45) is 0 Å². The van der Waals surface area contributed by atoms with Crippen LogP contribution in [0.1, 0.15) is 21.7 Å². The van der Waals surface area contributed by atoms with E-state index in [1.54, 1.807) is 6.08 Å². The number of imidazole rings is 1. The fourth-order valence-corrected chi connectivity index (χ4v) is 2.09. The zero-order valence-corrected chi connectivity index (χ0v) is 11.1. The van der Waals surface area contributed by atoms with Gasteiger partial charge >= 0.3 is 0 Å². The molecule has 0 aliphatic rings. The number of allylic oxidation sites excluding steroid dienone is 1. The highest BCUT2D eigenvalue weighted by atomic mass is 16.1. The van der Waals surface area contributed by atoms with Gasteiger partial charge in [-0.15, -0.1) is 0 Å². The van der Waals surface area contributed by atoms with Gasteiger partial charge in [0, 0.05) is 0 Å². The maximum atomic E-state index is 12.1. The second-order valence-electron chi connectivity index (χ2n) is 4.66. The quantitative estimate of drug-likeness (QED) is 0.577. The lowest BCUT2D eigenvalue weighted by Gasteiger charge is -1.97. The topological polar surface area (TPSA) is 45.8 Å². The van der Waals surface area contributed by atoms with Crippen LogP contribution in [0.3, 0.4) is 0 Å². The van der Waals surface area contributed by atoms with Gasteiger partial charge in [0.05, 0.1) is 11.0 Å². The summed E-state index contributed by atoms with van der Waals surface area (Å²) in [6, 6.07) is 15.5. The van der Waals surface area contributed by atoms with Gasteiger partial charge in [0.15, 0.2) is 5.82 Å². The van der Waals surface area contributed by atoms with Gasteiger partial charge in [-0.1, -0.05) is 42.5 Å². The number of H-pyrrole nitrogens is 1. The number of para-hydroxylation sites is 2. The number of ketones is 1. The molecule has 0 bridgehead atoms. The Morgan fingerprint density at radius 2 is 1.85 bits per heavy atom. The molecule has 0 radical (unpaired) electrons. The van der Waals surface area contributed by atoms with Crippen molar-refractivity contribution in [1.29, 1.82) is 0 Å². The van der Waals surface area contributed by atoms with Crippen LogP contribution in [-0.4, -0.2) is 15.8 Å². The molecule has 0 fully saturated rings. The van der Waals surface area contributed by atoms with Crippen LogP contribution in [-0.2, 0) is 0 Å². The maximum Gasteiger partial charge on any atom is 0.221 e. The molecule has 2 aromatic carbocycles. The van der Waals surface area contributed by atoms with Crippen LogP contribution < -0.4 is 0 Å². The van der Waals surface area contributed by atoms with Gasteiger partial charge in [0.2, 0.25) is 5.78 Å². The highest BCUT2D eigenvalue weighted by Gasteiger charge is 2.07. The first kappa shape index (κ1) is 12.4. The number of aryl methyl sites for hydroxylation is 1. The fourth-order valence-electron chi connectivity index (χ4n) is 2.09. The minimum absolute atomic E-state index is 0.121. The lowest BCUT2D eigenvalue weighted by atomic mass is 10.1. The first-order valence-electron chi connectivity index (χ1n) is 6.47. The molecule has 0 aliphatic carbocycles. The molecule has 0 amide bonds. The minimum atomic E-state index is -0.121. The molecule has 0 saturated heterocycles. The Bertz CT molecular complexity index is 766. The van der Waals surface area contributed by atoms with Gasteiger partial charge in [-0.25, -0.2) is 4.98 Å². The van der Waals surface area contributed by atoms with Crippen molar-refractivity contribution in [2.75, 3.05) is 0 Å². The summed E-state index contributed by atoms with van der Waals surface area (Å²) >= 11 is 0. The van der Waals surface area contributed by atoms with E-state index in [1.807, 2.05) is 61.5 Å². The van der Waals surface area contributed by atoms with E-state index in [0.717, 1.165) is 22.2 Å². The molecule has 20 heavy (non-hydrogen) atoms. The van der Waals surface area contributed by atoms with E-state index in [4.69, 9.17) is 0 Å². The van der Waals surface area contributed by atoms with Gasteiger partial charge in [-0.05, 0) is 36.3 Å². The van der Waals surface area contributed by atoms with Crippen molar-refractivity contribution in [2.45, 2.75) is 6.92 Å². The van der Waals surface area contributed by atoms with E-state index in [2.05, 4.69) is 9.97 Å². The summed E-state index contributed by atoms with van der Waals surface area (Å²) in [5, 5.41) is 0. The number of benzene rings is 2. The molecule has 0 aliphatic heterocycles. The maximum absolute atomic E-state index is 12.1. The van der Waals surface area contributed by atoms with Crippen LogP contribution in [0.5, 0.6) is 0 Å². The fraction of sp³-hybridized carbons (Fsp3) is 0.0588. The highest BCUT2D eigenvalue weighted by molar-refractivity contribution is 6.05. The first-order valence-corrected chi connectivity index (χ1v) is 6.47. The van der Waals surface area contributed by atoms with Crippen molar-refractivity contribution >= 4 is 22.9 Å². The third-order valence-electron chi connectivity index (χ3n) is 3.23. The Kier molecular flexibility index (Phi) is 3.17. The Morgan fingerprint density at radius 3 is 2.65 bits per heavy atom. The highest BCUT2D eigenvalue weighted by Crippen LogP contribution is 2.12. The zero-order chi connectivity index (χ0) is 13.9. The van der Waals surface area contributed by atoms with Gasteiger partial charge in [0.25, 0.3) is 0 Å². The van der Waals surface area contributed by atoms with Gasteiger partial charge in [-0.3, -0.25) is 4.79 Å². The summed E-state index contributed by atoms with van der Waals surface area (Å²) < 4.78 is 0. The number of carbonyl (C=O) groups excluding carboxylic acids is 1. The second kappa shape index (κ2) is 5.13. The number of rotatable bonds is 3. The average Bonchev–Trinajstić information content (AvgIpc) is 2.90. The molecule has 1 aromatic heterocycles. The molecular formula is C17H14N2O. The molecule has 3 rings (SSSR count). The number of carbonyl (C=O) groups is 1. The molecule has 98 valence electrons. The lowest BCUT2D eigenvalue weighted by Crippen LogP contribution is -1.96. The number of nitrogens with zero attached hydrogens (tertiary/aromatic N) is 1. The van der Waals surface area contributed by atoms with E-state index in [0.29, 0.717) is 5.82 Å². The Labute approximate surface area is 117 Å².